The zero-order chi connectivity index (χ0) is 22.0. The summed E-state index contributed by atoms with van der Waals surface area (Å²) in [5, 5.41) is 2.60. The molecule has 2 N–H and O–H groups in total. The Hall–Kier alpha value is -3.14. The lowest BCUT2D eigenvalue weighted by atomic mass is 10.2. The van der Waals surface area contributed by atoms with Crippen LogP contribution in [0.25, 0.3) is 0 Å². The number of ether oxygens (including phenoxy) is 2. The van der Waals surface area contributed by atoms with Crippen LogP contribution < -0.4 is 19.5 Å². The molecule has 1 aliphatic heterocycles. The summed E-state index contributed by atoms with van der Waals surface area (Å²) in [6, 6.07) is 14.6. The molecule has 0 fully saturated rings. The molecule has 0 saturated heterocycles. The number of carbonyl (C=O) groups excluding carboxylic acids is 1. The third kappa shape index (κ3) is 4.63. The highest BCUT2D eigenvalue weighted by Crippen LogP contribution is 2.32. The lowest BCUT2D eigenvalue weighted by Crippen LogP contribution is -2.23. The predicted octanol–water partition coefficient (Wildman–Crippen LogP) is 3.94. The maximum Gasteiger partial charge on any atom is 0.257 e. The van der Waals surface area contributed by atoms with Gasteiger partial charge in [0.1, 0.15) is 5.82 Å². The van der Waals surface area contributed by atoms with Crippen molar-refractivity contribution in [2.24, 2.45) is 0 Å². The van der Waals surface area contributed by atoms with Gasteiger partial charge in [-0.25, -0.2) is 17.5 Å². The van der Waals surface area contributed by atoms with Gasteiger partial charge in [-0.05, 0) is 48.0 Å². The first-order valence-electron chi connectivity index (χ1n) is 9.07. The molecule has 1 amide bonds. The lowest BCUT2D eigenvalue weighted by Gasteiger charge is -2.11. The van der Waals surface area contributed by atoms with Gasteiger partial charge in [0.05, 0.1) is 21.2 Å². The Kier molecular flexibility index (Phi) is 5.81. The highest BCUT2D eigenvalue weighted by Gasteiger charge is 2.19. The zero-order valence-electron chi connectivity index (χ0n) is 15.9. The number of nitrogens with one attached hydrogen (secondary N) is 2. The van der Waals surface area contributed by atoms with Crippen LogP contribution in [0.15, 0.2) is 65.6 Å². The van der Waals surface area contributed by atoms with Crippen molar-refractivity contribution in [2.75, 3.05) is 12.1 Å². The summed E-state index contributed by atoms with van der Waals surface area (Å²) in [7, 11) is -4.00. The van der Waals surface area contributed by atoms with Crippen molar-refractivity contribution in [2.45, 2.75) is 11.4 Å². The van der Waals surface area contributed by atoms with Crippen molar-refractivity contribution in [3.05, 3.63) is 82.6 Å². The Balaban J connectivity index is 1.46. The fraction of sp³-hybridized carbons (Fsp3) is 0.0952. The van der Waals surface area contributed by atoms with Gasteiger partial charge >= 0.3 is 0 Å². The monoisotopic (exact) mass is 462 g/mol. The fourth-order valence-electron chi connectivity index (χ4n) is 2.91. The first kappa shape index (κ1) is 21.1. The van der Waals surface area contributed by atoms with Crippen LogP contribution in [-0.2, 0) is 16.6 Å². The van der Waals surface area contributed by atoms with E-state index in [9.17, 15) is 17.6 Å². The van der Waals surface area contributed by atoms with Crippen LogP contribution in [0.5, 0.6) is 11.5 Å². The number of benzene rings is 3. The Morgan fingerprint density at radius 1 is 1.03 bits per heavy atom. The van der Waals surface area contributed by atoms with Crippen LogP contribution in [-0.4, -0.2) is 21.1 Å². The smallest absolute Gasteiger partial charge is 0.257 e. The molecule has 0 unspecified atom stereocenters. The molecular weight excluding hydrogens is 447 g/mol. The van der Waals surface area contributed by atoms with E-state index in [0.717, 1.165) is 6.07 Å². The largest absolute Gasteiger partial charge is 0.454 e. The lowest BCUT2D eigenvalue weighted by molar-refractivity contribution is 0.102. The predicted molar refractivity (Wildman–Crippen MR) is 112 cm³/mol. The topological polar surface area (TPSA) is 93.7 Å². The van der Waals surface area contributed by atoms with Gasteiger partial charge in [0, 0.05) is 6.54 Å². The van der Waals surface area contributed by atoms with Crippen LogP contribution in [0.1, 0.15) is 15.9 Å². The Morgan fingerprint density at radius 2 is 1.81 bits per heavy atom. The van der Waals surface area contributed by atoms with E-state index in [0.29, 0.717) is 17.1 Å². The molecule has 3 aromatic rings. The average Bonchev–Trinajstić information content (AvgIpc) is 3.22. The minimum Gasteiger partial charge on any atom is -0.454 e. The minimum absolute atomic E-state index is 0.0222. The molecular formula is C21H16ClFN2O5S. The molecule has 160 valence electrons. The van der Waals surface area contributed by atoms with E-state index >= 15 is 0 Å². The van der Waals surface area contributed by atoms with E-state index in [-0.39, 0.29) is 34.5 Å². The van der Waals surface area contributed by atoms with Crippen LogP contribution in [0.3, 0.4) is 0 Å². The molecule has 7 nitrogen and oxygen atoms in total. The Bertz CT molecular complexity index is 1270. The number of amides is 1. The van der Waals surface area contributed by atoms with Crippen LogP contribution >= 0.6 is 11.6 Å². The maximum atomic E-state index is 14.5. The first-order chi connectivity index (χ1) is 14.8. The molecule has 0 spiro atoms. The molecule has 0 radical (unpaired) electrons. The number of halogens is 2. The van der Waals surface area contributed by atoms with E-state index in [1.54, 1.807) is 30.3 Å². The first-order valence-corrected chi connectivity index (χ1v) is 10.9. The Morgan fingerprint density at radius 3 is 2.58 bits per heavy atom. The number of hydrogen-bond donors (Lipinski definition) is 2. The molecule has 10 heteroatoms. The molecule has 0 bridgehead atoms. The van der Waals surface area contributed by atoms with Gasteiger partial charge in [0.2, 0.25) is 16.8 Å². The molecule has 3 aromatic carbocycles. The van der Waals surface area contributed by atoms with Gasteiger partial charge < -0.3 is 14.8 Å². The number of sulfonamides is 1. The fourth-order valence-corrected chi connectivity index (χ4v) is 4.16. The van der Waals surface area contributed by atoms with Crippen molar-refractivity contribution in [3.8, 4) is 11.5 Å². The van der Waals surface area contributed by atoms with Gasteiger partial charge in [-0.2, -0.15) is 0 Å². The van der Waals surface area contributed by atoms with Crippen molar-refractivity contribution < 1.29 is 27.1 Å². The second-order valence-electron chi connectivity index (χ2n) is 6.59. The summed E-state index contributed by atoms with van der Waals surface area (Å²) in [6.45, 7) is 0.0920. The van der Waals surface area contributed by atoms with E-state index in [4.69, 9.17) is 21.1 Å². The molecule has 0 saturated carbocycles. The maximum absolute atomic E-state index is 14.5. The molecule has 0 aromatic heterocycles. The van der Waals surface area contributed by atoms with Crippen LogP contribution in [0.4, 0.5) is 10.1 Å². The van der Waals surface area contributed by atoms with Gasteiger partial charge in [-0.1, -0.05) is 29.8 Å². The summed E-state index contributed by atoms with van der Waals surface area (Å²) >= 11 is 5.97. The van der Waals surface area contributed by atoms with Gasteiger partial charge in [-0.3, -0.25) is 4.79 Å². The van der Waals surface area contributed by atoms with Crippen LogP contribution in [0.2, 0.25) is 5.02 Å². The van der Waals surface area contributed by atoms with Crippen molar-refractivity contribution in [1.29, 1.82) is 0 Å². The van der Waals surface area contributed by atoms with Gasteiger partial charge in [0.25, 0.3) is 5.91 Å². The second-order valence-corrected chi connectivity index (χ2v) is 8.76. The number of carbonyl (C=O) groups is 1. The summed E-state index contributed by atoms with van der Waals surface area (Å²) in [5.41, 5.74) is 0.655. The summed E-state index contributed by atoms with van der Waals surface area (Å²) in [5.74, 6) is -0.392. The van der Waals surface area contributed by atoms with E-state index in [1.807, 2.05) is 0 Å². The normalized spacial score (nSPS) is 12.6. The highest BCUT2D eigenvalue weighted by molar-refractivity contribution is 7.89. The van der Waals surface area contributed by atoms with Crippen molar-refractivity contribution in [3.63, 3.8) is 0 Å². The molecule has 31 heavy (non-hydrogen) atoms. The van der Waals surface area contributed by atoms with E-state index < -0.39 is 21.7 Å². The standard InChI is InChI=1S/C21H16ClFN2O5S/c22-16-4-2-1-3-15(16)21(26)25-18-7-6-14(10-17(18)23)31(27,28)24-11-13-5-8-19-20(9-13)30-12-29-19/h1-10,24H,11-12H2,(H,25,26). The second kappa shape index (κ2) is 8.54. The summed E-state index contributed by atoms with van der Waals surface area (Å²) < 4.78 is 52.5. The van der Waals surface area contributed by atoms with Crippen LogP contribution in [0, 0.1) is 5.82 Å². The zero-order valence-corrected chi connectivity index (χ0v) is 17.5. The molecule has 1 aliphatic rings. The minimum atomic E-state index is -4.00. The summed E-state index contributed by atoms with van der Waals surface area (Å²) in [4.78, 5) is 12.0. The summed E-state index contributed by atoms with van der Waals surface area (Å²) in [6.07, 6.45) is 0. The number of hydrogen-bond acceptors (Lipinski definition) is 5. The third-order valence-corrected chi connectivity index (χ3v) is 6.25. The molecule has 1 heterocycles. The van der Waals surface area contributed by atoms with E-state index in [1.165, 1.54) is 24.3 Å². The molecule has 0 aliphatic carbocycles. The number of fused-ring (bicyclic) bond motifs is 1. The van der Waals surface area contributed by atoms with Crippen molar-refractivity contribution >= 4 is 33.2 Å². The Labute approximate surface area is 182 Å². The van der Waals surface area contributed by atoms with Crippen molar-refractivity contribution in [1.82, 2.24) is 4.72 Å². The number of rotatable bonds is 6. The number of anilines is 1. The SMILES string of the molecule is O=C(Nc1ccc(S(=O)(=O)NCc2ccc3c(c2)OCO3)cc1F)c1ccccc1Cl. The van der Waals surface area contributed by atoms with Gasteiger partial charge in [0.15, 0.2) is 11.5 Å². The quantitative estimate of drug-likeness (QED) is 0.578. The molecule has 0 atom stereocenters. The van der Waals surface area contributed by atoms with E-state index in [2.05, 4.69) is 10.0 Å². The highest BCUT2D eigenvalue weighted by atomic mass is 35.5. The third-order valence-electron chi connectivity index (χ3n) is 4.52. The average molecular weight is 463 g/mol. The van der Waals surface area contributed by atoms with Gasteiger partial charge in [-0.15, -0.1) is 0 Å². The molecule has 4 rings (SSSR count).